The standard InChI is InChI=1S/C17H26N2/c1-13-6-5-8-16(10-13)19(2)12-15-11-14-7-3-4-9-17(14)18-15/h3-4,7,9,13,15-16,18H,5-6,8,10-12H2,1-2H3. The molecule has 0 spiro atoms. The van der Waals surface area contributed by atoms with E-state index in [1.54, 1.807) is 0 Å². The van der Waals surface area contributed by atoms with Crippen molar-refractivity contribution in [3.05, 3.63) is 29.8 Å². The van der Waals surface area contributed by atoms with Crippen LogP contribution in [0.25, 0.3) is 0 Å². The third-order valence-electron chi connectivity index (χ3n) is 4.88. The van der Waals surface area contributed by atoms with Crippen LogP contribution in [0.15, 0.2) is 24.3 Å². The molecule has 104 valence electrons. The van der Waals surface area contributed by atoms with Crippen molar-refractivity contribution in [2.45, 2.75) is 51.1 Å². The van der Waals surface area contributed by atoms with Gasteiger partial charge in [-0.1, -0.05) is 38.0 Å². The van der Waals surface area contributed by atoms with Crippen LogP contribution < -0.4 is 5.32 Å². The van der Waals surface area contributed by atoms with Crippen molar-refractivity contribution >= 4 is 5.69 Å². The highest BCUT2D eigenvalue weighted by atomic mass is 15.2. The molecule has 1 heterocycles. The molecule has 0 saturated heterocycles. The summed E-state index contributed by atoms with van der Waals surface area (Å²) in [5, 5.41) is 3.67. The van der Waals surface area contributed by atoms with Crippen molar-refractivity contribution < 1.29 is 0 Å². The van der Waals surface area contributed by atoms with E-state index < -0.39 is 0 Å². The molecule has 0 amide bonds. The Hall–Kier alpha value is -1.02. The zero-order chi connectivity index (χ0) is 13.2. The Morgan fingerprint density at radius 3 is 2.89 bits per heavy atom. The summed E-state index contributed by atoms with van der Waals surface area (Å²) < 4.78 is 0. The second kappa shape index (κ2) is 5.54. The minimum Gasteiger partial charge on any atom is -0.380 e. The summed E-state index contributed by atoms with van der Waals surface area (Å²) in [6, 6.07) is 10.1. The van der Waals surface area contributed by atoms with Crippen LogP contribution in [0.3, 0.4) is 0 Å². The first kappa shape index (κ1) is 13.0. The molecule has 1 aliphatic heterocycles. The van der Waals surface area contributed by atoms with Crippen LogP contribution in [0.4, 0.5) is 5.69 Å². The van der Waals surface area contributed by atoms with Gasteiger partial charge in [-0.05, 0) is 43.9 Å². The van der Waals surface area contributed by atoms with Crippen LogP contribution in [-0.2, 0) is 6.42 Å². The number of hydrogen-bond acceptors (Lipinski definition) is 2. The summed E-state index contributed by atoms with van der Waals surface area (Å²) in [7, 11) is 2.31. The fraction of sp³-hybridized carbons (Fsp3) is 0.647. The fourth-order valence-corrected chi connectivity index (χ4v) is 3.78. The molecule has 19 heavy (non-hydrogen) atoms. The number of nitrogens with one attached hydrogen (secondary N) is 1. The lowest BCUT2D eigenvalue weighted by atomic mass is 9.86. The molecule has 3 unspecified atom stereocenters. The predicted molar refractivity (Wildman–Crippen MR) is 81.6 cm³/mol. The first-order chi connectivity index (χ1) is 9.22. The van der Waals surface area contributed by atoms with Crippen molar-refractivity contribution in [1.82, 2.24) is 4.90 Å². The molecule has 1 aromatic rings. The first-order valence-electron chi connectivity index (χ1n) is 7.77. The number of rotatable bonds is 3. The smallest absolute Gasteiger partial charge is 0.0429 e. The summed E-state index contributed by atoms with van der Waals surface area (Å²) in [6.07, 6.45) is 6.80. The van der Waals surface area contributed by atoms with Gasteiger partial charge < -0.3 is 10.2 Å². The Morgan fingerprint density at radius 2 is 2.11 bits per heavy atom. The SMILES string of the molecule is CC1CCCC(N(C)CC2Cc3ccccc3N2)C1. The van der Waals surface area contributed by atoms with Crippen LogP contribution in [0, 0.1) is 5.92 Å². The molecule has 3 rings (SSSR count). The Balaban J connectivity index is 1.55. The molecular weight excluding hydrogens is 232 g/mol. The van der Waals surface area contributed by atoms with E-state index in [0.29, 0.717) is 6.04 Å². The Bertz CT molecular complexity index is 404. The molecule has 2 nitrogen and oxygen atoms in total. The Morgan fingerprint density at radius 1 is 1.26 bits per heavy atom. The number of nitrogens with zero attached hydrogens (tertiary/aromatic N) is 1. The summed E-state index contributed by atoms with van der Waals surface area (Å²) in [4.78, 5) is 2.60. The topological polar surface area (TPSA) is 15.3 Å². The molecule has 0 aromatic heterocycles. The van der Waals surface area contributed by atoms with Gasteiger partial charge in [0, 0.05) is 24.3 Å². The largest absolute Gasteiger partial charge is 0.380 e. The van der Waals surface area contributed by atoms with Crippen molar-refractivity contribution in [2.75, 3.05) is 18.9 Å². The van der Waals surface area contributed by atoms with E-state index in [-0.39, 0.29) is 0 Å². The number of anilines is 1. The van der Waals surface area contributed by atoms with Gasteiger partial charge in [-0.15, -0.1) is 0 Å². The second-order valence-electron chi connectivity index (χ2n) is 6.57. The Kier molecular flexibility index (Phi) is 3.79. The van der Waals surface area contributed by atoms with E-state index in [2.05, 4.69) is 48.5 Å². The molecule has 1 aromatic carbocycles. The summed E-state index contributed by atoms with van der Waals surface area (Å²) in [5.74, 6) is 0.912. The fourth-order valence-electron chi connectivity index (χ4n) is 3.78. The van der Waals surface area contributed by atoms with Gasteiger partial charge in [0.1, 0.15) is 0 Å². The number of fused-ring (bicyclic) bond motifs is 1. The highest BCUT2D eigenvalue weighted by Gasteiger charge is 2.26. The molecule has 1 fully saturated rings. The highest BCUT2D eigenvalue weighted by molar-refractivity contribution is 5.56. The van der Waals surface area contributed by atoms with Crippen LogP contribution in [-0.4, -0.2) is 30.6 Å². The van der Waals surface area contributed by atoms with E-state index in [0.717, 1.165) is 12.0 Å². The van der Waals surface area contributed by atoms with E-state index in [1.807, 2.05) is 0 Å². The molecule has 1 N–H and O–H groups in total. The molecule has 0 radical (unpaired) electrons. The number of likely N-dealkylation sites (N-methyl/N-ethyl adjacent to an activating group) is 1. The monoisotopic (exact) mass is 258 g/mol. The van der Waals surface area contributed by atoms with Crippen LogP contribution >= 0.6 is 0 Å². The van der Waals surface area contributed by atoms with Gasteiger partial charge in [0.25, 0.3) is 0 Å². The average molecular weight is 258 g/mol. The van der Waals surface area contributed by atoms with E-state index in [1.165, 1.54) is 49.9 Å². The third kappa shape index (κ3) is 2.94. The molecule has 1 saturated carbocycles. The second-order valence-corrected chi connectivity index (χ2v) is 6.57. The normalized spacial score (nSPS) is 30.2. The maximum absolute atomic E-state index is 3.67. The number of para-hydroxylation sites is 1. The highest BCUT2D eigenvalue weighted by Crippen LogP contribution is 2.29. The van der Waals surface area contributed by atoms with Gasteiger partial charge in [0.2, 0.25) is 0 Å². The quantitative estimate of drug-likeness (QED) is 0.892. The van der Waals surface area contributed by atoms with Gasteiger partial charge in [0.05, 0.1) is 0 Å². The van der Waals surface area contributed by atoms with Crippen LogP contribution in [0.5, 0.6) is 0 Å². The zero-order valence-corrected chi connectivity index (χ0v) is 12.2. The number of benzene rings is 1. The molecule has 2 aliphatic rings. The van der Waals surface area contributed by atoms with Crippen molar-refractivity contribution in [2.24, 2.45) is 5.92 Å². The van der Waals surface area contributed by atoms with Crippen molar-refractivity contribution in [1.29, 1.82) is 0 Å². The lowest BCUT2D eigenvalue weighted by molar-refractivity contribution is 0.159. The van der Waals surface area contributed by atoms with Gasteiger partial charge in [-0.3, -0.25) is 0 Å². The third-order valence-corrected chi connectivity index (χ3v) is 4.88. The predicted octanol–water partition coefficient (Wildman–Crippen LogP) is 3.53. The van der Waals surface area contributed by atoms with Crippen molar-refractivity contribution in [3.8, 4) is 0 Å². The van der Waals surface area contributed by atoms with Gasteiger partial charge in [-0.2, -0.15) is 0 Å². The summed E-state index contributed by atoms with van der Waals surface area (Å²) in [6.45, 7) is 3.58. The average Bonchev–Trinajstić information content (AvgIpc) is 2.80. The van der Waals surface area contributed by atoms with E-state index >= 15 is 0 Å². The summed E-state index contributed by atoms with van der Waals surface area (Å²) in [5.41, 5.74) is 2.83. The van der Waals surface area contributed by atoms with Gasteiger partial charge >= 0.3 is 0 Å². The minimum absolute atomic E-state index is 0.597. The number of hydrogen-bond donors (Lipinski definition) is 1. The van der Waals surface area contributed by atoms with Crippen LogP contribution in [0.2, 0.25) is 0 Å². The van der Waals surface area contributed by atoms with E-state index in [4.69, 9.17) is 0 Å². The maximum atomic E-state index is 3.67. The van der Waals surface area contributed by atoms with Gasteiger partial charge in [-0.25, -0.2) is 0 Å². The zero-order valence-electron chi connectivity index (χ0n) is 12.2. The van der Waals surface area contributed by atoms with Crippen molar-refractivity contribution in [3.63, 3.8) is 0 Å². The molecule has 3 atom stereocenters. The summed E-state index contributed by atoms with van der Waals surface area (Å²) >= 11 is 0. The first-order valence-corrected chi connectivity index (χ1v) is 7.77. The molecular formula is C17H26N2. The van der Waals surface area contributed by atoms with Crippen LogP contribution in [0.1, 0.15) is 38.2 Å². The van der Waals surface area contributed by atoms with Gasteiger partial charge in [0.15, 0.2) is 0 Å². The minimum atomic E-state index is 0.597. The molecule has 1 aliphatic carbocycles. The molecule has 2 heteroatoms. The lowest BCUT2D eigenvalue weighted by Crippen LogP contribution is -2.41. The molecule has 0 bridgehead atoms. The van der Waals surface area contributed by atoms with E-state index in [9.17, 15) is 0 Å². The Labute approximate surface area is 117 Å². The maximum Gasteiger partial charge on any atom is 0.0429 e. The lowest BCUT2D eigenvalue weighted by Gasteiger charge is -2.35.